The molecule has 0 saturated carbocycles. The highest BCUT2D eigenvalue weighted by molar-refractivity contribution is 5.88. The zero-order chi connectivity index (χ0) is 9.68. The van der Waals surface area contributed by atoms with Gasteiger partial charge in [0, 0.05) is 11.9 Å². The van der Waals surface area contributed by atoms with Crippen molar-refractivity contribution in [3.8, 4) is 0 Å². The predicted octanol–water partition coefficient (Wildman–Crippen LogP) is 1.86. The number of hydrogen-bond acceptors (Lipinski definition) is 2. The fourth-order valence-electron chi connectivity index (χ4n) is 0.877. The molecule has 0 atom stereocenters. The van der Waals surface area contributed by atoms with Gasteiger partial charge >= 0.3 is 0 Å². The van der Waals surface area contributed by atoms with Gasteiger partial charge in [0.2, 0.25) is 0 Å². The van der Waals surface area contributed by atoms with Crippen LogP contribution < -0.4 is 11.1 Å². The molecule has 0 fully saturated rings. The van der Waals surface area contributed by atoms with Gasteiger partial charge in [-0.3, -0.25) is 5.41 Å². The van der Waals surface area contributed by atoms with E-state index in [4.69, 9.17) is 11.1 Å². The molecular formula is C10H13N3. The molecule has 0 aromatic heterocycles. The SMILES string of the molecule is Cc1ccc(N/C=C\C(=N)N)cc1. The monoisotopic (exact) mass is 175 g/mol. The van der Waals surface area contributed by atoms with Crippen LogP contribution in [-0.4, -0.2) is 5.84 Å². The molecule has 0 unspecified atom stereocenters. The first-order chi connectivity index (χ1) is 6.18. The van der Waals surface area contributed by atoms with Gasteiger partial charge < -0.3 is 11.1 Å². The molecule has 1 aromatic rings. The highest BCUT2D eigenvalue weighted by Crippen LogP contribution is 2.07. The lowest BCUT2D eigenvalue weighted by Gasteiger charge is -1.99. The second-order valence-corrected chi connectivity index (χ2v) is 2.80. The topological polar surface area (TPSA) is 61.9 Å². The zero-order valence-electron chi connectivity index (χ0n) is 7.54. The molecule has 0 amide bonds. The van der Waals surface area contributed by atoms with Crippen molar-refractivity contribution in [1.29, 1.82) is 5.41 Å². The van der Waals surface area contributed by atoms with E-state index in [9.17, 15) is 0 Å². The van der Waals surface area contributed by atoms with E-state index in [0.717, 1.165) is 5.69 Å². The molecule has 3 nitrogen and oxygen atoms in total. The molecule has 0 aliphatic heterocycles. The molecule has 0 bridgehead atoms. The summed E-state index contributed by atoms with van der Waals surface area (Å²) < 4.78 is 0. The van der Waals surface area contributed by atoms with E-state index in [1.807, 2.05) is 31.2 Å². The number of benzene rings is 1. The Labute approximate surface area is 77.8 Å². The minimum absolute atomic E-state index is 0.0413. The first kappa shape index (κ1) is 9.32. The van der Waals surface area contributed by atoms with E-state index in [-0.39, 0.29) is 5.84 Å². The minimum Gasteiger partial charge on any atom is -0.384 e. The van der Waals surface area contributed by atoms with E-state index in [0.29, 0.717) is 0 Å². The summed E-state index contributed by atoms with van der Waals surface area (Å²) in [4.78, 5) is 0. The Kier molecular flexibility index (Phi) is 3.09. The lowest BCUT2D eigenvalue weighted by Crippen LogP contribution is -2.05. The van der Waals surface area contributed by atoms with E-state index in [2.05, 4.69) is 5.32 Å². The molecule has 1 aromatic carbocycles. The van der Waals surface area contributed by atoms with Gasteiger partial charge in [-0.2, -0.15) is 0 Å². The summed E-state index contributed by atoms with van der Waals surface area (Å²) in [6, 6.07) is 7.98. The zero-order valence-corrected chi connectivity index (χ0v) is 7.54. The van der Waals surface area contributed by atoms with Crippen molar-refractivity contribution in [2.75, 3.05) is 5.32 Å². The fraction of sp³-hybridized carbons (Fsp3) is 0.100. The van der Waals surface area contributed by atoms with Crippen LogP contribution in [-0.2, 0) is 0 Å². The van der Waals surface area contributed by atoms with Gasteiger partial charge in [-0.15, -0.1) is 0 Å². The van der Waals surface area contributed by atoms with E-state index in [1.165, 1.54) is 11.6 Å². The molecule has 0 saturated heterocycles. The summed E-state index contributed by atoms with van der Waals surface area (Å²) in [5, 5.41) is 9.95. The van der Waals surface area contributed by atoms with Crippen molar-refractivity contribution in [3.05, 3.63) is 42.1 Å². The van der Waals surface area contributed by atoms with E-state index in [1.54, 1.807) is 6.20 Å². The van der Waals surface area contributed by atoms with Gasteiger partial charge in [0.15, 0.2) is 0 Å². The fourth-order valence-corrected chi connectivity index (χ4v) is 0.877. The smallest absolute Gasteiger partial charge is 0.116 e. The average Bonchev–Trinajstić information content (AvgIpc) is 2.08. The third kappa shape index (κ3) is 3.42. The summed E-state index contributed by atoms with van der Waals surface area (Å²) in [7, 11) is 0. The summed E-state index contributed by atoms with van der Waals surface area (Å²) in [5.74, 6) is 0.0413. The summed E-state index contributed by atoms with van der Waals surface area (Å²) in [5.41, 5.74) is 7.35. The maximum Gasteiger partial charge on any atom is 0.116 e. The standard InChI is InChI=1S/C10H13N3/c1-8-2-4-9(5-3-8)13-7-6-10(11)12/h2-7,13H,1H3,(H3,11,12)/b7-6-. The molecule has 13 heavy (non-hydrogen) atoms. The van der Waals surface area contributed by atoms with Crippen LogP contribution in [0.5, 0.6) is 0 Å². The first-order valence-corrected chi connectivity index (χ1v) is 4.02. The number of nitrogens with one attached hydrogen (secondary N) is 2. The molecule has 0 heterocycles. The summed E-state index contributed by atoms with van der Waals surface area (Å²) in [6.45, 7) is 2.04. The van der Waals surface area contributed by atoms with Gasteiger partial charge in [0.05, 0.1) is 0 Å². The van der Waals surface area contributed by atoms with Crippen molar-refractivity contribution in [2.45, 2.75) is 6.92 Å². The van der Waals surface area contributed by atoms with Crippen LogP contribution in [0.25, 0.3) is 0 Å². The van der Waals surface area contributed by atoms with Crippen LogP contribution in [0, 0.1) is 12.3 Å². The molecule has 0 spiro atoms. The number of amidine groups is 1. The third-order valence-electron chi connectivity index (χ3n) is 1.56. The van der Waals surface area contributed by atoms with Crippen molar-refractivity contribution >= 4 is 11.5 Å². The van der Waals surface area contributed by atoms with Gasteiger partial charge in [0.25, 0.3) is 0 Å². The lowest BCUT2D eigenvalue weighted by molar-refractivity contribution is 1.44. The molecular weight excluding hydrogens is 162 g/mol. The Morgan fingerprint density at radius 2 is 2.00 bits per heavy atom. The van der Waals surface area contributed by atoms with Crippen LogP contribution in [0.1, 0.15) is 5.56 Å². The average molecular weight is 175 g/mol. The lowest BCUT2D eigenvalue weighted by atomic mass is 10.2. The maximum absolute atomic E-state index is 6.95. The Bertz CT molecular complexity index is 311. The van der Waals surface area contributed by atoms with Gasteiger partial charge in [-0.05, 0) is 25.1 Å². The summed E-state index contributed by atoms with van der Waals surface area (Å²) in [6.07, 6.45) is 3.15. The number of anilines is 1. The number of rotatable bonds is 3. The number of hydrogen-bond donors (Lipinski definition) is 3. The Morgan fingerprint density at radius 3 is 2.54 bits per heavy atom. The largest absolute Gasteiger partial charge is 0.384 e. The van der Waals surface area contributed by atoms with Crippen molar-refractivity contribution in [2.24, 2.45) is 5.73 Å². The maximum atomic E-state index is 6.95. The van der Waals surface area contributed by atoms with Gasteiger partial charge in [0.1, 0.15) is 5.84 Å². The van der Waals surface area contributed by atoms with Crippen LogP contribution in [0.15, 0.2) is 36.5 Å². The molecule has 68 valence electrons. The second-order valence-electron chi connectivity index (χ2n) is 2.80. The van der Waals surface area contributed by atoms with Gasteiger partial charge in [-0.25, -0.2) is 0 Å². The van der Waals surface area contributed by atoms with Gasteiger partial charge in [-0.1, -0.05) is 17.7 Å². The van der Waals surface area contributed by atoms with Crippen molar-refractivity contribution in [1.82, 2.24) is 0 Å². The van der Waals surface area contributed by atoms with Crippen LogP contribution in [0.3, 0.4) is 0 Å². The highest BCUT2D eigenvalue weighted by atomic mass is 14.8. The van der Waals surface area contributed by atoms with Crippen LogP contribution in [0.2, 0.25) is 0 Å². The van der Waals surface area contributed by atoms with Crippen LogP contribution in [0.4, 0.5) is 5.69 Å². The second kappa shape index (κ2) is 4.30. The highest BCUT2D eigenvalue weighted by Gasteiger charge is 1.86. The summed E-state index contributed by atoms with van der Waals surface area (Å²) >= 11 is 0. The predicted molar refractivity (Wildman–Crippen MR) is 55.9 cm³/mol. The number of nitrogens with two attached hydrogens (primary N) is 1. The van der Waals surface area contributed by atoms with Crippen LogP contribution >= 0.6 is 0 Å². The molecule has 0 radical (unpaired) electrons. The number of aryl methyl sites for hydroxylation is 1. The Morgan fingerprint density at radius 1 is 1.38 bits per heavy atom. The van der Waals surface area contributed by atoms with E-state index >= 15 is 0 Å². The Hall–Kier alpha value is -1.77. The molecule has 1 rings (SSSR count). The first-order valence-electron chi connectivity index (χ1n) is 4.02. The molecule has 0 aliphatic carbocycles. The van der Waals surface area contributed by atoms with Crippen molar-refractivity contribution in [3.63, 3.8) is 0 Å². The Balaban J connectivity index is 2.55. The quantitative estimate of drug-likeness (QED) is 0.485. The van der Waals surface area contributed by atoms with Crippen molar-refractivity contribution < 1.29 is 0 Å². The third-order valence-corrected chi connectivity index (χ3v) is 1.56. The molecule has 3 heteroatoms. The minimum atomic E-state index is 0.0413. The molecule has 0 aliphatic rings. The normalized spacial score (nSPS) is 10.2. The molecule has 4 N–H and O–H groups in total. The van der Waals surface area contributed by atoms with E-state index < -0.39 is 0 Å².